The van der Waals surface area contributed by atoms with Gasteiger partial charge in [-0.2, -0.15) is 0 Å². The highest BCUT2D eigenvalue weighted by atomic mass is 16.5. The van der Waals surface area contributed by atoms with Gasteiger partial charge in [0.1, 0.15) is 0 Å². The molecule has 2 aromatic rings. The Morgan fingerprint density at radius 3 is 2.62 bits per heavy atom. The van der Waals surface area contributed by atoms with Crippen LogP contribution < -0.4 is 20.1 Å². The van der Waals surface area contributed by atoms with Crippen molar-refractivity contribution in [2.75, 3.05) is 20.2 Å². The van der Waals surface area contributed by atoms with Crippen LogP contribution in [0.5, 0.6) is 17.4 Å². The van der Waals surface area contributed by atoms with E-state index in [2.05, 4.69) is 20.6 Å². The van der Waals surface area contributed by atoms with E-state index in [1.54, 1.807) is 13.2 Å². The summed E-state index contributed by atoms with van der Waals surface area (Å²) in [7, 11) is 1.78. The third-order valence-corrected chi connectivity index (χ3v) is 4.10. The summed E-state index contributed by atoms with van der Waals surface area (Å²) in [6.45, 7) is 4.19. The molecule has 0 amide bonds. The number of ether oxygens (including phenoxy) is 2. The third-order valence-electron chi connectivity index (χ3n) is 4.10. The smallest absolute Gasteiger partial charge is 0.219 e. The highest BCUT2D eigenvalue weighted by molar-refractivity contribution is 5.79. The van der Waals surface area contributed by atoms with Gasteiger partial charge in [0.15, 0.2) is 17.5 Å². The summed E-state index contributed by atoms with van der Waals surface area (Å²) >= 11 is 0. The minimum atomic E-state index is 0.539. The van der Waals surface area contributed by atoms with E-state index in [0.717, 1.165) is 24.0 Å². The molecule has 1 fully saturated rings. The van der Waals surface area contributed by atoms with Gasteiger partial charge in [-0.25, -0.2) is 4.98 Å². The number of rotatable bonds is 8. The van der Waals surface area contributed by atoms with Crippen molar-refractivity contribution in [2.24, 2.45) is 10.9 Å². The van der Waals surface area contributed by atoms with E-state index in [1.807, 2.05) is 43.3 Å². The molecule has 1 saturated carbocycles. The van der Waals surface area contributed by atoms with Gasteiger partial charge in [0.25, 0.3) is 0 Å². The first-order chi connectivity index (χ1) is 12.8. The molecule has 6 heteroatoms. The maximum atomic E-state index is 5.84. The molecule has 1 aromatic carbocycles. The summed E-state index contributed by atoms with van der Waals surface area (Å²) in [5.41, 5.74) is 1.06. The Morgan fingerprint density at radius 1 is 1.15 bits per heavy atom. The van der Waals surface area contributed by atoms with Crippen molar-refractivity contribution in [3.63, 3.8) is 0 Å². The standard InChI is InChI=1S/C20H26N4O2/c1-3-25-17-6-4-5-7-18(17)26-19-11-10-16(13-22-19)14-24-20(21-2)23-12-15-8-9-15/h4-7,10-11,13,15H,3,8-9,12,14H2,1-2H3,(H2,21,23,24). The van der Waals surface area contributed by atoms with Crippen LogP contribution >= 0.6 is 0 Å². The van der Waals surface area contributed by atoms with Crippen LogP contribution in [0.4, 0.5) is 0 Å². The number of aliphatic imine (C=N–C) groups is 1. The van der Waals surface area contributed by atoms with Crippen molar-refractivity contribution in [3.8, 4) is 17.4 Å². The first kappa shape index (κ1) is 18.0. The van der Waals surface area contributed by atoms with E-state index in [1.165, 1.54) is 12.8 Å². The SMILES string of the molecule is CCOc1ccccc1Oc1ccc(CNC(=NC)NCC2CC2)cn1. The van der Waals surface area contributed by atoms with E-state index < -0.39 is 0 Å². The fourth-order valence-electron chi connectivity index (χ4n) is 2.47. The minimum Gasteiger partial charge on any atom is -0.490 e. The lowest BCUT2D eigenvalue weighted by molar-refractivity contribution is 0.319. The highest BCUT2D eigenvalue weighted by Crippen LogP contribution is 2.30. The number of guanidine groups is 1. The van der Waals surface area contributed by atoms with E-state index >= 15 is 0 Å². The minimum absolute atomic E-state index is 0.539. The predicted octanol–water partition coefficient (Wildman–Crippen LogP) is 3.35. The van der Waals surface area contributed by atoms with Gasteiger partial charge in [0.2, 0.25) is 5.88 Å². The van der Waals surface area contributed by atoms with Crippen molar-refractivity contribution in [3.05, 3.63) is 48.2 Å². The van der Waals surface area contributed by atoms with Crippen molar-refractivity contribution in [1.82, 2.24) is 15.6 Å². The van der Waals surface area contributed by atoms with Gasteiger partial charge in [0, 0.05) is 32.4 Å². The van der Waals surface area contributed by atoms with Crippen LogP contribution in [0.1, 0.15) is 25.3 Å². The Labute approximate surface area is 154 Å². The van der Waals surface area contributed by atoms with Crippen LogP contribution in [-0.2, 0) is 6.54 Å². The topological polar surface area (TPSA) is 67.8 Å². The molecular formula is C20H26N4O2. The van der Waals surface area contributed by atoms with Crippen molar-refractivity contribution in [1.29, 1.82) is 0 Å². The van der Waals surface area contributed by atoms with Crippen molar-refractivity contribution in [2.45, 2.75) is 26.3 Å². The summed E-state index contributed by atoms with van der Waals surface area (Å²) < 4.78 is 11.4. The molecule has 3 rings (SSSR count). The molecule has 138 valence electrons. The highest BCUT2D eigenvalue weighted by Gasteiger charge is 2.21. The van der Waals surface area contributed by atoms with Crippen LogP contribution in [0.2, 0.25) is 0 Å². The van der Waals surface area contributed by atoms with Gasteiger partial charge in [-0.1, -0.05) is 18.2 Å². The number of nitrogens with one attached hydrogen (secondary N) is 2. The molecule has 0 saturated heterocycles. The fourth-order valence-corrected chi connectivity index (χ4v) is 2.47. The lowest BCUT2D eigenvalue weighted by Gasteiger charge is -2.12. The summed E-state index contributed by atoms with van der Waals surface area (Å²) in [5.74, 6) is 3.55. The molecule has 0 atom stereocenters. The molecular weight excluding hydrogens is 328 g/mol. The van der Waals surface area contributed by atoms with E-state index in [-0.39, 0.29) is 0 Å². The molecule has 2 N–H and O–H groups in total. The Morgan fingerprint density at radius 2 is 1.96 bits per heavy atom. The zero-order chi connectivity index (χ0) is 18.2. The van der Waals surface area contributed by atoms with E-state index in [9.17, 15) is 0 Å². The lowest BCUT2D eigenvalue weighted by Crippen LogP contribution is -2.37. The van der Waals surface area contributed by atoms with Gasteiger partial charge in [-0.15, -0.1) is 0 Å². The fraction of sp³-hybridized carbons (Fsp3) is 0.400. The zero-order valence-corrected chi connectivity index (χ0v) is 15.4. The molecule has 1 aliphatic carbocycles. The average Bonchev–Trinajstić information content (AvgIpc) is 3.49. The lowest BCUT2D eigenvalue weighted by atomic mass is 10.3. The first-order valence-corrected chi connectivity index (χ1v) is 9.07. The molecule has 6 nitrogen and oxygen atoms in total. The molecule has 0 radical (unpaired) electrons. The Bertz CT molecular complexity index is 727. The molecule has 0 bridgehead atoms. The quantitative estimate of drug-likeness (QED) is 0.562. The monoisotopic (exact) mass is 354 g/mol. The number of hydrogen-bond donors (Lipinski definition) is 2. The van der Waals surface area contributed by atoms with E-state index in [4.69, 9.17) is 9.47 Å². The molecule has 1 aliphatic rings. The number of para-hydroxylation sites is 2. The van der Waals surface area contributed by atoms with Gasteiger partial charge < -0.3 is 20.1 Å². The second-order valence-corrected chi connectivity index (χ2v) is 6.24. The van der Waals surface area contributed by atoms with Crippen LogP contribution in [0, 0.1) is 5.92 Å². The normalized spacial score (nSPS) is 14.0. The van der Waals surface area contributed by atoms with Crippen molar-refractivity contribution < 1.29 is 9.47 Å². The number of pyridine rings is 1. The van der Waals surface area contributed by atoms with Crippen LogP contribution in [0.15, 0.2) is 47.6 Å². The number of nitrogens with zero attached hydrogens (tertiary/aromatic N) is 2. The Hall–Kier alpha value is -2.76. The zero-order valence-electron chi connectivity index (χ0n) is 15.4. The van der Waals surface area contributed by atoms with Crippen LogP contribution in [0.25, 0.3) is 0 Å². The summed E-state index contributed by atoms with van der Waals surface area (Å²) in [6.07, 6.45) is 4.45. The van der Waals surface area contributed by atoms with Gasteiger partial charge in [-0.3, -0.25) is 4.99 Å². The number of aromatic nitrogens is 1. The van der Waals surface area contributed by atoms with Crippen molar-refractivity contribution >= 4 is 5.96 Å². The Kier molecular flexibility index (Phi) is 6.30. The largest absolute Gasteiger partial charge is 0.490 e. The third kappa shape index (κ3) is 5.37. The second kappa shape index (κ2) is 9.08. The molecule has 1 aromatic heterocycles. The van der Waals surface area contributed by atoms with Crippen LogP contribution in [-0.4, -0.2) is 31.1 Å². The number of hydrogen-bond acceptors (Lipinski definition) is 4. The first-order valence-electron chi connectivity index (χ1n) is 9.07. The predicted molar refractivity (Wildman–Crippen MR) is 103 cm³/mol. The Balaban J connectivity index is 1.53. The molecule has 0 aliphatic heterocycles. The maximum Gasteiger partial charge on any atom is 0.219 e. The molecule has 1 heterocycles. The van der Waals surface area contributed by atoms with Gasteiger partial charge in [0.05, 0.1) is 6.61 Å². The van der Waals surface area contributed by atoms with Gasteiger partial charge >= 0.3 is 0 Å². The summed E-state index contributed by atoms with van der Waals surface area (Å²) in [6, 6.07) is 11.4. The summed E-state index contributed by atoms with van der Waals surface area (Å²) in [5, 5.41) is 6.65. The molecule has 0 spiro atoms. The van der Waals surface area contributed by atoms with Gasteiger partial charge in [-0.05, 0) is 43.4 Å². The number of benzene rings is 1. The second-order valence-electron chi connectivity index (χ2n) is 6.24. The molecule has 0 unspecified atom stereocenters. The summed E-state index contributed by atoms with van der Waals surface area (Å²) in [4.78, 5) is 8.62. The van der Waals surface area contributed by atoms with E-state index in [0.29, 0.717) is 30.5 Å². The van der Waals surface area contributed by atoms with Crippen LogP contribution in [0.3, 0.4) is 0 Å². The average molecular weight is 354 g/mol. The molecule has 26 heavy (non-hydrogen) atoms. The maximum absolute atomic E-state index is 5.84.